The van der Waals surface area contributed by atoms with Gasteiger partial charge in [0.1, 0.15) is 0 Å². The van der Waals surface area contributed by atoms with Crippen molar-refractivity contribution in [2.45, 2.75) is 32.7 Å². The van der Waals surface area contributed by atoms with Gasteiger partial charge in [0.2, 0.25) is 0 Å². The van der Waals surface area contributed by atoms with E-state index in [1.54, 1.807) is 0 Å². The lowest BCUT2D eigenvalue weighted by molar-refractivity contribution is -0.142. The highest BCUT2D eigenvalue weighted by molar-refractivity contribution is 5.76. The normalized spacial score (nSPS) is 22.5. The van der Waals surface area contributed by atoms with Crippen LogP contribution in [0.1, 0.15) is 25.5 Å². The Morgan fingerprint density at radius 2 is 1.95 bits per heavy atom. The van der Waals surface area contributed by atoms with Crippen molar-refractivity contribution in [3.63, 3.8) is 0 Å². The van der Waals surface area contributed by atoms with E-state index in [1.165, 1.54) is 0 Å². The number of hydrogen-bond acceptors (Lipinski definition) is 4. The first-order chi connectivity index (χ1) is 10.1. The van der Waals surface area contributed by atoms with Gasteiger partial charge in [0.05, 0.1) is 22.6 Å². The van der Waals surface area contributed by atoms with Crippen molar-refractivity contribution in [1.29, 1.82) is 0 Å². The summed E-state index contributed by atoms with van der Waals surface area (Å²) in [6.45, 7) is 4.74. The van der Waals surface area contributed by atoms with Crippen LogP contribution in [0.2, 0.25) is 0 Å². The maximum Gasteiger partial charge on any atom is 0.306 e. The summed E-state index contributed by atoms with van der Waals surface area (Å²) >= 11 is 0. The lowest BCUT2D eigenvalue weighted by Gasteiger charge is -2.37. The maximum absolute atomic E-state index is 11.1. The van der Waals surface area contributed by atoms with Crippen LogP contribution in [0.5, 0.6) is 0 Å². The Labute approximate surface area is 123 Å². The molecule has 2 heterocycles. The quantitative estimate of drug-likeness (QED) is 0.918. The van der Waals surface area contributed by atoms with E-state index < -0.39 is 5.97 Å². The first kappa shape index (κ1) is 13.8. The molecule has 0 radical (unpaired) electrons. The molecule has 2 unspecified atom stereocenters. The van der Waals surface area contributed by atoms with Gasteiger partial charge in [-0.3, -0.25) is 4.79 Å². The third kappa shape index (κ3) is 2.55. The summed E-state index contributed by atoms with van der Waals surface area (Å²) in [5, 5.41) is 9.16. The Morgan fingerprint density at radius 1 is 1.29 bits per heavy atom. The first-order valence-electron chi connectivity index (χ1n) is 7.29. The molecule has 1 fully saturated rings. The molecule has 0 spiro atoms. The van der Waals surface area contributed by atoms with E-state index in [9.17, 15) is 4.79 Å². The lowest BCUT2D eigenvalue weighted by Crippen LogP contribution is -2.43. The number of carbonyl (C=O) groups is 1. The SMILES string of the molecule is Cc1nc2ccccc2nc1N1CCC(C(=O)O)CC1C. The molecule has 1 aromatic heterocycles. The molecule has 1 aromatic carbocycles. The molecule has 1 N–H and O–H groups in total. The number of benzene rings is 1. The minimum absolute atomic E-state index is 0.161. The van der Waals surface area contributed by atoms with Crippen LogP contribution in [0, 0.1) is 12.8 Å². The van der Waals surface area contributed by atoms with Crippen LogP contribution < -0.4 is 4.90 Å². The molecule has 1 aliphatic heterocycles. The number of aryl methyl sites for hydroxylation is 1. The third-order valence-electron chi connectivity index (χ3n) is 4.22. The zero-order valence-corrected chi connectivity index (χ0v) is 12.3. The van der Waals surface area contributed by atoms with Crippen LogP contribution in [-0.2, 0) is 4.79 Å². The van der Waals surface area contributed by atoms with Gasteiger partial charge < -0.3 is 10.0 Å². The highest BCUT2D eigenvalue weighted by atomic mass is 16.4. The van der Waals surface area contributed by atoms with E-state index in [0.717, 1.165) is 22.5 Å². The summed E-state index contributed by atoms with van der Waals surface area (Å²) in [6.07, 6.45) is 1.32. The molecule has 1 saturated heterocycles. The number of anilines is 1. The number of carboxylic acids is 1. The Bertz CT molecular complexity index is 686. The molecule has 0 saturated carbocycles. The number of aliphatic carboxylic acids is 1. The molecular formula is C16H19N3O2. The molecule has 5 nitrogen and oxygen atoms in total. The van der Waals surface area contributed by atoms with Crippen LogP contribution in [0.15, 0.2) is 24.3 Å². The van der Waals surface area contributed by atoms with Crippen LogP contribution >= 0.6 is 0 Å². The summed E-state index contributed by atoms with van der Waals surface area (Å²) in [5.41, 5.74) is 2.67. The number of carboxylic acid groups (broad SMARTS) is 1. The summed E-state index contributed by atoms with van der Waals surface area (Å²) in [4.78, 5) is 22.7. The standard InChI is InChI=1S/C16H19N3O2/c1-10-9-12(16(20)21)7-8-19(10)15-11(2)17-13-5-3-4-6-14(13)18-15/h3-6,10,12H,7-9H2,1-2H3,(H,20,21). The van der Waals surface area contributed by atoms with Gasteiger partial charge in [-0.15, -0.1) is 0 Å². The predicted octanol–water partition coefficient (Wildman–Crippen LogP) is 2.63. The first-order valence-corrected chi connectivity index (χ1v) is 7.29. The van der Waals surface area contributed by atoms with E-state index in [0.29, 0.717) is 19.4 Å². The predicted molar refractivity (Wildman–Crippen MR) is 81.4 cm³/mol. The van der Waals surface area contributed by atoms with E-state index in [1.807, 2.05) is 31.2 Å². The highest BCUT2D eigenvalue weighted by Crippen LogP contribution is 2.29. The van der Waals surface area contributed by atoms with Crippen molar-refractivity contribution in [2.75, 3.05) is 11.4 Å². The Balaban J connectivity index is 1.93. The fourth-order valence-corrected chi connectivity index (χ4v) is 3.06. The molecule has 2 aromatic rings. The molecule has 1 aliphatic rings. The highest BCUT2D eigenvalue weighted by Gasteiger charge is 2.31. The van der Waals surface area contributed by atoms with Crippen molar-refractivity contribution >= 4 is 22.8 Å². The molecule has 21 heavy (non-hydrogen) atoms. The van der Waals surface area contributed by atoms with Crippen LogP contribution in [-0.4, -0.2) is 33.6 Å². The largest absolute Gasteiger partial charge is 0.481 e. The molecule has 0 bridgehead atoms. The second-order valence-corrected chi connectivity index (χ2v) is 5.72. The Hall–Kier alpha value is -2.17. The summed E-state index contributed by atoms with van der Waals surface area (Å²) in [5.74, 6) is -0.0576. The number of para-hydroxylation sites is 2. The molecule has 3 rings (SSSR count). The molecule has 0 amide bonds. The topological polar surface area (TPSA) is 66.3 Å². The average Bonchev–Trinajstić information content (AvgIpc) is 2.46. The number of piperidine rings is 1. The minimum Gasteiger partial charge on any atom is -0.481 e. The van der Waals surface area contributed by atoms with Gasteiger partial charge in [0.25, 0.3) is 0 Å². The number of rotatable bonds is 2. The van der Waals surface area contributed by atoms with Crippen molar-refractivity contribution in [1.82, 2.24) is 9.97 Å². The number of nitrogens with zero attached hydrogens (tertiary/aromatic N) is 3. The van der Waals surface area contributed by atoms with E-state index in [2.05, 4.69) is 16.8 Å². The van der Waals surface area contributed by atoms with Gasteiger partial charge in [0.15, 0.2) is 5.82 Å². The van der Waals surface area contributed by atoms with Gasteiger partial charge in [-0.05, 0) is 38.8 Å². The van der Waals surface area contributed by atoms with Crippen molar-refractivity contribution < 1.29 is 9.90 Å². The minimum atomic E-state index is -0.692. The molecular weight excluding hydrogens is 266 g/mol. The van der Waals surface area contributed by atoms with Gasteiger partial charge in [-0.25, -0.2) is 9.97 Å². The zero-order chi connectivity index (χ0) is 15.0. The fraction of sp³-hybridized carbons (Fsp3) is 0.438. The van der Waals surface area contributed by atoms with Gasteiger partial charge in [-0.2, -0.15) is 0 Å². The second kappa shape index (κ2) is 5.31. The van der Waals surface area contributed by atoms with Gasteiger partial charge in [0, 0.05) is 12.6 Å². The van der Waals surface area contributed by atoms with Crippen LogP contribution in [0.25, 0.3) is 11.0 Å². The number of fused-ring (bicyclic) bond motifs is 1. The Kier molecular flexibility index (Phi) is 3.49. The number of aromatic nitrogens is 2. The van der Waals surface area contributed by atoms with E-state index in [4.69, 9.17) is 10.1 Å². The van der Waals surface area contributed by atoms with Crippen molar-refractivity contribution in [3.05, 3.63) is 30.0 Å². The monoisotopic (exact) mass is 285 g/mol. The molecule has 110 valence electrons. The molecule has 2 atom stereocenters. The second-order valence-electron chi connectivity index (χ2n) is 5.72. The molecule has 0 aliphatic carbocycles. The number of hydrogen-bond donors (Lipinski definition) is 1. The van der Waals surface area contributed by atoms with Crippen molar-refractivity contribution in [2.24, 2.45) is 5.92 Å². The van der Waals surface area contributed by atoms with Gasteiger partial charge >= 0.3 is 5.97 Å². The van der Waals surface area contributed by atoms with E-state index in [-0.39, 0.29) is 12.0 Å². The summed E-state index contributed by atoms with van der Waals surface area (Å²) < 4.78 is 0. The smallest absolute Gasteiger partial charge is 0.306 e. The average molecular weight is 285 g/mol. The van der Waals surface area contributed by atoms with Crippen LogP contribution in [0.4, 0.5) is 5.82 Å². The lowest BCUT2D eigenvalue weighted by atomic mass is 9.91. The summed E-state index contributed by atoms with van der Waals surface area (Å²) in [7, 11) is 0. The van der Waals surface area contributed by atoms with E-state index >= 15 is 0 Å². The maximum atomic E-state index is 11.1. The van der Waals surface area contributed by atoms with Gasteiger partial charge in [-0.1, -0.05) is 12.1 Å². The molecule has 5 heteroatoms. The van der Waals surface area contributed by atoms with Crippen molar-refractivity contribution in [3.8, 4) is 0 Å². The summed E-state index contributed by atoms with van der Waals surface area (Å²) in [6, 6.07) is 7.99. The third-order valence-corrected chi connectivity index (χ3v) is 4.22. The Morgan fingerprint density at radius 3 is 2.57 bits per heavy atom. The fourth-order valence-electron chi connectivity index (χ4n) is 3.06. The zero-order valence-electron chi connectivity index (χ0n) is 12.3. The van der Waals surface area contributed by atoms with Crippen LogP contribution in [0.3, 0.4) is 0 Å².